The molecule has 0 aliphatic carbocycles. The molecule has 0 aromatic carbocycles. The molecule has 1 aromatic heterocycles. The molecule has 4 heteroatoms. The lowest BCUT2D eigenvalue weighted by atomic mass is 10.1. The Hall–Kier alpha value is -0.870. The van der Waals surface area contributed by atoms with Gasteiger partial charge >= 0.3 is 0 Å². The van der Waals surface area contributed by atoms with Crippen LogP contribution in [0.3, 0.4) is 0 Å². The molecule has 1 aliphatic heterocycles. The summed E-state index contributed by atoms with van der Waals surface area (Å²) in [4.78, 5) is 4.28. The van der Waals surface area contributed by atoms with Gasteiger partial charge in [0.25, 0.3) is 0 Å². The molecule has 16 heavy (non-hydrogen) atoms. The summed E-state index contributed by atoms with van der Waals surface area (Å²) < 4.78 is 7.41. The zero-order chi connectivity index (χ0) is 11.4. The number of hydrogen-bond donors (Lipinski definition) is 1. The van der Waals surface area contributed by atoms with Gasteiger partial charge in [-0.15, -0.1) is 0 Å². The van der Waals surface area contributed by atoms with Crippen molar-refractivity contribution in [2.24, 2.45) is 0 Å². The Kier molecular flexibility index (Phi) is 3.96. The number of hydrogen-bond acceptors (Lipinski definition) is 3. The average Bonchev–Trinajstić information content (AvgIpc) is 2.94. The highest BCUT2D eigenvalue weighted by Crippen LogP contribution is 2.25. The quantitative estimate of drug-likeness (QED) is 0.828. The van der Waals surface area contributed by atoms with Gasteiger partial charge in [0.2, 0.25) is 0 Å². The van der Waals surface area contributed by atoms with Crippen molar-refractivity contribution in [3.05, 3.63) is 18.2 Å². The van der Waals surface area contributed by atoms with Crippen molar-refractivity contribution in [2.45, 2.75) is 38.3 Å². The van der Waals surface area contributed by atoms with Crippen molar-refractivity contribution in [3.63, 3.8) is 0 Å². The van der Waals surface area contributed by atoms with Crippen molar-refractivity contribution in [1.29, 1.82) is 0 Å². The Labute approximate surface area is 97.0 Å². The Bertz CT molecular complexity index is 318. The molecule has 0 spiro atoms. The fourth-order valence-corrected chi connectivity index (χ4v) is 2.32. The second-order valence-electron chi connectivity index (χ2n) is 4.51. The van der Waals surface area contributed by atoms with Gasteiger partial charge in [0.15, 0.2) is 0 Å². The van der Waals surface area contributed by atoms with Gasteiger partial charge in [-0.05, 0) is 32.7 Å². The Balaban J connectivity index is 2.05. The van der Waals surface area contributed by atoms with Crippen LogP contribution in [0.4, 0.5) is 0 Å². The van der Waals surface area contributed by atoms with Crippen LogP contribution in [-0.4, -0.2) is 29.8 Å². The highest BCUT2D eigenvalue weighted by atomic mass is 16.5. The summed E-state index contributed by atoms with van der Waals surface area (Å²) in [6.07, 6.45) is 7.46. The molecule has 1 aromatic rings. The predicted molar refractivity (Wildman–Crippen MR) is 63.4 cm³/mol. The van der Waals surface area contributed by atoms with E-state index >= 15 is 0 Å². The van der Waals surface area contributed by atoms with E-state index < -0.39 is 0 Å². The van der Waals surface area contributed by atoms with Gasteiger partial charge in [-0.2, -0.15) is 0 Å². The summed E-state index contributed by atoms with van der Waals surface area (Å²) >= 11 is 0. The van der Waals surface area contributed by atoms with Gasteiger partial charge < -0.3 is 14.6 Å². The first-order valence-electron chi connectivity index (χ1n) is 6.07. The second-order valence-corrected chi connectivity index (χ2v) is 4.51. The summed E-state index contributed by atoms with van der Waals surface area (Å²) in [6, 6.07) is 0.951. The normalized spacial score (nSPS) is 22.5. The summed E-state index contributed by atoms with van der Waals surface area (Å²) in [5.74, 6) is 0. The molecule has 1 saturated heterocycles. The third-order valence-electron chi connectivity index (χ3n) is 3.33. The first-order chi connectivity index (χ1) is 7.83. The van der Waals surface area contributed by atoms with Crippen LogP contribution in [0.25, 0.3) is 0 Å². The van der Waals surface area contributed by atoms with E-state index in [2.05, 4.69) is 21.8 Å². The fourth-order valence-electron chi connectivity index (χ4n) is 2.32. The van der Waals surface area contributed by atoms with Crippen molar-refractivity contribution < 1.29 is 4.74 Å². The maximum atomic E-state index is 5.13. The summed E-state index contributed by atoms with van der Waals surface area (Å²) in [6.45, 7) is 4.15. The zero-order valence-electron chi connectivity index (χ0n) is 10.1. The maximum Gasteiger partial charge on any atom is 0.0951 e. The fraction of sp³-hybridized carbons (Fsp3) is 0.750. The lowest BCUT2D eigenvalue weighted by Crippen LogP contribution is -2.19. The molecule has 0 radical (unpaired) electrons. The van der Waals surface area contributed by atoms with Crippen molar-refractivity contribution >= 4 is 0 Å². The van der Waals surface area contributed by atoms with E-state index in [1.165, 1.54) is 18.5 Å². The van der Waals surface area contributed by atoms with E-state index in [1.807, 2.05) is 12.5 Å². The lowest BCUT2D eigenvalue weighted by Gasteiger charge is -2.19. The SMILES string of the molecule is COCCC(C)n1cncc1C1CCCN1. The molecule has 2 rings (SSSR count). The summed E-state index contributed by atoms with van der Waals surface area (Å²) in [7, 11) is 1.75. The van der Waals surface area contributed by atoms with Crippen LogP contribution in [0.1, 0.15) is 44.0 Å². The first-order valence-corrected chi connectivity index (χ1v) is 6.07. The van der Waals surface area contributed by atoms with E-state index in [9.17, 15) is 0 Å². The minimum absolute atomic E-state index is 0.458. The number of methoxy groups -OCH3 is 1. The van der Waals surface area contributed by atoms with Gasteiger partial charge in [0.1, 0.15) is 0 Å². The van der Waals surface area contributed by atoms with Gasteiger partial charge in [0.05, 0.1) is 12.0 Å². The monoisotopic (exact) mass is 223 g/mol. The second kappa shape index (κ2) is 5.46. The number of ether oxygens (including phenoxy) is 1. The average molecular weight is 223 g/mol. The van der Waals surface area contributed by atoms with Crippen molar-refractivity contribution in [2.75, 3.05) is 20.3 Å². The van der Waals surface area contributed by atoms with Crippen LogP contribution in [-0.2, 0) is 4.74 Å². The molecule has 4 nitrogen and oxygen atoms in total. The highest BCUT2D eigenvalue weighted by Gasteiger charge is 2.21. The number of imidazole rings is 1. The smallest absolute Gasteiger partial charge is 0.0951 e. The van der Waals surface area contributed by atoms with Gasteiger partial charge in [-0.1, -0.05) is 0 Å². The van der Waals surface area contributed by atoms with E-state index in [1.54, 1.807) is 7.11 Å². The number of aromatic nitrogens is 2. The van der Waals surface area contributed by atoms with Crippen LogP contribution in [0, 0.1) is 0 Å². The summed E-state index contributed by atoms with van der Waals surface area (Å²) in [5, 5.41) is 3.52. The van der Waals surface area contributed by atoms with E-state index in [-0.39, 0.29) is 0 Å². The molecule has 90 valence electrons. The molecule has 1 aliphatic rings. The third kappa shape index (κ3) is 2.44. The van der Waals surface area contributed by atoms with E-state index in [0.717, 1.165) is 19.6 Å². The number of rotatable bonds is 5. The van der Waals surface area contributed by atoms with Crippen LogP contribution in [0.15, 0.2) is 12.5 Å². The van der Waals surface area contributed by atoms with Crippen LogP contribution in [0.2, 0.25) is 0 Å². The van der Waals surface area contributed by atoms with Gasteiger partial charge in [0, 0.05) is 32.0 Å². The van der Waals surface area contributed by atoms with E-state index in [4.69, 9.17) is 4.74 Å². The topological polar surface area (TPSA) is 39.1 Å². The summed E-state index contributed by atoms with van der Waals surface area (Å²) in [5.41, 5.74) is 1.32. The van der Waals surface area contributed by atoms with E-state index in [0.29, 0.717) is 12.1 Å². The minimum atomic E-state index is 0.458. The minimum Gasteiger partial charge on any atom is -0.385 e. The molecule has 2 unspecified atom stereocenters. The third-order valence-corrected chi connectivity index (χ3v) is 3.33. The zero-order valence-corrected chi connectivity index (χ0v) is 10.1. The molecule has 2 atom stereocenters. The lowest BCUT2D eigenvalue weighted by molar-refractivity contribution is 0.180. The number of nitrogens with zero attached hydrogens (tertiary/aromatic N) is 2. The van der Waals surface area contributed by atoms with Crippen LogP contribution in [0.5, 0.6) is 0 Å². The maximum absolute atomic E-state index is 5.13. The van der Waals surface area contributed by atoms with Crippen LogP contribution >= 0.6 is 0 Å². The van der Waals surface area contributed by atoms with Gasteiger partial charge in [-0.25, -0.2) is 4.98 Å². The standard InChI is InChI=1S/C12H21N3O/c1-10(5-7-16-2)15-9-13-8-12(15)11-4-3-6-14-11/h8-11,14H,3-7H2,1-2H3. The molecule has 1 fully saturated rings. The Morgan fingerprint density at radius 3 is 3.25 bits per heavy atom. The Morgan fingerprint density at radius 1 is 1.69 bits per heavy atom. The number of nitrogens with one attached hydrogen (secondary N) is 1. The molecule has 0 bridgehead atoms. The largest absolute Gasteiger partial charge is 0.385 e. The van der Waals surface area contributed by atoms with Crippen molar-refractivity contribution in [1.82, 2.24) is 14.9 Å². The van der Waals surface area contributed by atoms with Crippen LogP contribution < -0.4 is 5.32 Å². The Morgan fingerprint density at radius 2 is 2.56 bits per heavy atom. The highest BCUT2D eigenvalue weighted by molar-refractivity contribution is 5.08. The molecular formula is C12H21N3O. The van der Waals surface area contributed by atoms with Gasteiger partial charge in [-0.3, -0.25) is 0 Å². The molecular weight excluding hydrogens is 202 g/mol. The van der Waals surface area contributed by atoms with Crippen molar-refractivity contribution in [3.8, 4) is 0 Å². The first kappa shape index (κ1) is 11.6. The predicted octanol–water partition coefficient (Wildman–Crippen LogP) is 1.91. The molecule has 1 N–H and O–H groups in total. The molecule has 0 amide bonds. The molecule has 0 saturated carbocycles. The molecule has 2 heterocycles.